The van der Waals surface area contributed by atoms with Crippen molar-refractivity contribution in [1.82, 2.24) is 14.6 Å². The molecule has 0 atom stereocenters. The molecule has 2 aromatic heterocycles. The Balaban J connectivity index is 2.24. The maximum Gasteiger partial charge on any atom is 0.227 e. The Labute approximate surface area is 120 Å². The highest BCUT2D eigenvalue weighted by Gasteiger charge is 2.23. The fourth-order valence-electron chi connectivity index (χ4n) is 2.66. The Morgan fingerprint density at radius 2 is 2.20 bits per heavy atom. The predicted molar refractivity (Wildman–Crippen MR) is 74.3 cm³/mol. The maximum atomic E-state index is 11.0. The van der Waals surface area contributed by atoms with Gasteiger partial charge in [0.15, 0.2) is 5.65 Å². The van der Waals surface area contributed by atoms with E-state index >= 15 is 0 Å². The third kappa shape index (κ3) is 2.02. The van der Waals surface area contributed by atoms with E-state index in [1.54, 1.807) is 10.7 Å². The standard InChI is InChI=1S/C13H13N5OS/c14-5-10-8-3-1-2-4-9(8)12-17-16-7-18(12)13(10)20-6-11(15)19/h7H,1-4,6H2,(H2,15,19). The molecule has 2 heterocycles. The summed E-state index contributed by atoms with van der Waals surface area (Å²) in [5.74, 6) is -0.265. The highest BCUT2D eigenvalue weighted by atomic mass is 32.2. The number of rotatable bonds is 3. The lowest BCUT2D eigenvalue weighted by atomic mass is 9.90. The smallest absolute Gasteiger partial charge is 0.227 e. The van der Waals surface area contributed by atoms with Crippen LogP contribution in [-0.4, -0.2) is 26.3 Å². The molecule has 0 saturated carbocycles. The van der Waals surface area contributed by atoms with Crippen LogP contribution in [0.15, 0.2) is 11.4 Å². The van der Waals surface area contributed by atoms with E-state index in [1.165, 1.54) is 11.8 Å². The van der Waals surface area contributed by atoms with E-state index in [9.17, 15) is 10.1 Å². The van der Waals surface area contributed by atoms with Crippen LogP contribution in [0.1, 0.15) is 29.5 Å². The number of nitrogens with zero attached hydrogens (tertiary/aromatic N) is 4. The van der Waals surface area contributed by atoms with Crippen molar-refractivity contribution >= 4 is 23.3 Å². The summed E-state index contributed by atoms with van der Waals surface area (Å²) < 4.78 is 1.80. The van der Waals surface area contributed by atoms with Crippen molar-refractivity contribution in [1.29, 1.82) is 5.26 Å². The number of pyridine rings is 1. The summed E-state index contributed by atoms with van der Waals surface area (Å²) in [6.07, 6.45) is 5.58. The molecule has 2 aromatic rings. The van der Waals surface area contributed by atoms with Crippen LogP contribution in [0, 0.1) is 11.3 Å². The third-order valence-electron chi connectivity index (χ3n) is 3.48. The van der Waals surface area contributed by atoms with E-state index in [1.807, 2.05) is 0 Å². The molecule has 1 amide bonds. The molecule has 102 valence electrons. The SMILES string of the molecule is N#Cc1c2c(c3nncn3c1SCC(N)=O)CCCC2. The molecular formula is C13H13N5OS. The second kappa shape index (κ2) is 5.13. The van der Waals surface area contributed by atoms with Gasteiger partial charge in [0.2, 0.25) is 5.91 Å². The molecule has 0 spiro atoms. The Morgan fingerprint density at radius 3 is 2.90 bits per heavy atom. The van der Waals surface area contributed by atoms with Gasteiger partial charge in [-0.15, -0.1) is 10.2 Å². The molecule has 7 heteroatoms. The number of primary amides is 1. The minimum Gasteiger partial charge on any atom is -0.369 e. The molecule has 1 aliphatic rings. The summed E-state index contributed by atoms with van der Waals surface area (Å²) in [7, 11) is 0. The number of carbonyl (C=O) groups is 1. The Morgan fingerprint density at radius 1 is 1.45 bits per heavy atom. The zero-order chi connectivity index (χ0) is 14.1. The van der Waals surface area contributed by atoms with Crippen molar-refractivity contribution in [3.05, 3.63) is 23.0 Å². The summed E-state index contributed by atoms with van der Waals surface area (Å²) in [6, 6.07) is 2.28. The van der Waals surface area contributed by atoms with E-state index in [0.717, 1.165) is 42.5 Å². The molecule has 20 heavy (non-hydrogen) atoms. The van der Waals surface area contributed by atoms with Gasteiger partial charge < -0.3 is 5.73 Å². The van der Waals surface area contributed by atoms with Gasteiger partial charge in [-0.3, -0.25) is 9.20 Å². The van der Waals surface area contributed by atoms with Gasteiger partial charge in [0.25, 0.3) is 0 Å². The highest BCUT2D eigenvalue weighted by molar-refractivity contribution is 8.00. The van der Waals surface area contributed by atoms with Crippen LogP contribution in [0.2, 0.25) is 0 Å². The van der Waals surface area contributed by atoms with Crippen LogP contribution in [0.3, 0.4) is 0 Å². The number of aryl methyl sites for hydroxylation is 1. The molecule has 2 N–H and O–H groups in total. The number of amides is 1. The molecule has 6 nitrogen and oxygen atoms in total. The summed E-state index contributed by atoms with van der Waals surface area (Å²) >= 11 is 1.27. The van der Waals surface area contributed by atoms with Crippen LogP contribution < -0.4 is 5.73 Å². The molecule has 1 aliphatic carbocycles. The first-order valence-electron chi connectivity index (χ1n) is 6.41. The first-order valence-corrected chi connectivity index (χ1v) is 7.39. The Hall–Kier alpha value is -2.07. The van der Waals surface area contributed by atoms with Crippen molar-refractivity contribution in [3.63, 3.8) is 0 Å². The molecule has 0 unspecified atom stereocenters. The topological polar surface area (TPSA) is 97.1 Å². The normalized spacial score (nSPS) is 13.9. The lowest BCUT2D eigenvalue weighted by Gasteiger charge is -2.20. The number of nitriles is 1. The molecule has 0 aliphatic heterocycles. The quantitative estimate of drug-likeness (QED) is 0.851. The molecular weight excluding hydrogens is 274 g/mol. The van der Waals surface area contributed by atoms with Crippen LogP contribution in [-0.2, 0) is 17.6 Å². The zero-order valence-electron chi connectivity index (χ0n) is 10.8. The van der Waals surface area contributed by atoms with Gasteiger partial charge in [0.05, 0.1) is 11.3 Å². The molecule has 3 rings (SSSR count). The van der Waals surface area contributed by atoms with Gasteiger partial charge in [-0.25, -0.2) is 0 Å². The summed E-state index contributed by atoms with van der Waals surface area (Å²) in [5, 5.41) is 18.3. The monoisotopic (exact) mass is 287 g/mol. The number of fused-ring (bicyclic) bond motifs is 3. The van der Waals surface area contributed by atoms with Crippen LogP contribution >= 0.6 is 11.8 Å². The third-order valence-corrected chi connectivity index (χ3v) is 4.59. The number of hydrogen-bond acceptors (Lipinski definition) is 5. The number of hydrogen-bond donors (Lipinski definition) is 1. The van der Waals surface area contributed by atoms with Gasteiger partial charge in [-0.1, -0.05) is 11.8 Å². The van der Waals surface area contributed by atoms with Gasteiger partial charge >= 0.3 is 0 Å². The van der Waals surface area contributed by atoms with E-state index in [4.69, 9.17) is 5.73 Å². The minimum atomic E-state index is -0.405. The lowest BCUT2D eigenvalue weighted by Crippen LogP contribution is -2.15. The molecule has 0 radical (unpaired) electrons. The number of thioether (sulfide) groups is 1. The molecule has 0 saturated heterocycles. The van der Waals surface area contributed by atoms with E-state index < -0.39 is 5.91 Å². The van der Waals surface area contributed by atoms with Gasteiger partial charge in [-0.05, 0) is 31.2 Å². The first kappa shape index (κ1) is 12.9. The number of nitrogens with two attached hydrogens (primary N) is 1. The largest absolute Gasteiger partial charge is 0.369 e. The minimum absolute atomic E-state index is 0.140. The van der Waals surface area contributed by atoms with E-state index in [0.29, 0.717) is 10.6 Å². The summed E-state index contributed by atoms with van der Waals surface area (Å²) in [5.41, 5.74) is 8.82. The van der Waals surface area contributed by atoms with Crippen molar-refractivity contribution in [2.75, 3.05) is 5.75 Å². The fraction of sp³-hybridized carbons (Fsp3) is 0.385. The summed E-state index contributed by atoms with van der Waals surface area (Å²) in [6.45, 7) is 0. The van der Waals surface area contributed by atoms with Gasteiger partial charge in [0, 0.05) is 5.56 Å². The van der Waals surface area contributed by atoms with Crippen molar-refractivity contribution in [2.45, 2.75) is 30.7 Å². The van der Waals surface area contributed by atoms with E-state index in [2.05, 4.69) is 16.3 Å². The zero-order valence-corrected chi connectivity index (χ0v) is 11.6. The van der Waals surface area contributed by atoms with E-state index in [-0.39, 0.29) is 5.75 Å². The summed E-state index contributed by atoms with van der Waals surface area (Å²) in [4.78, 5) is 11.0. The second-order valence-corrected chi connectivity index (χ2v) is 5.70. The Kier molecular flexibility index (Phi) is 3.32. The van der Waals surface area contributed by atoms with Crippen LogP contribution in [0.25, 0.3) is 5.65 Å². The maximum absolute atomic E-state index is 11.0. The molecule has 0 bridgehead atoms. The molecule has 0 fully saturated rings. The van der Waals surface area contributed by atoms with Gasteiger partial charge in [0.1, 0.15) is 17.4 Å². The Bertz CT molecular complexity index is 730. The number of aromatic nitrogens is 3. The average Bonchev–Trinajstić information content (AvgIpc) is 2.93. The van der Waals surface area contributed by atoms with Crippen molar-refractivity contribution in [3.8, 4) is 6.07 Å². The van der Waals surface area contributed by atoms with Crippen molar-refractivity contribution < 1.29 is 4.79 Å². The number of carbonyl (C=O) groups excluding carboxylic acids is 1. The van der Waals surface area contributed by atoms with Crippen LogP contribution in [0.4, 0.5) is 0 Å². The lowest BCUT2D eigenvalue weighted by molar-refractivity contribution is -0.115. The first-order chi connectivity index (χ1) is 9.72. The average molecular weight is 287 g/mol. The second-order valence-electron chi connectivity index (χ2n) is 4.74. The van der Waals surface area contributed by atoms with Crippen molar-refractivity contribution in [2.24, 2.45) is 5.73 Å². The van der Waals surface area contributed by atoms with Crippen LogP contribution in [0.5, 0.6) is 0 Å². The molecule has 0 aromatic carbocycles. The highest BCUT2D eigenvalue weighted by Crippen LogP contribution is 2.33. The fourth-order valence-corrected chi connectivity index (χ4v) is 3.53. The predicted octanol–water partition coefficient (Wildman–Crippen LogP) is 1.06. The van der Waals surface area contributed by atoms with Gasteiger partial charge in [-0.2, -0.15) is 5.26 Å².